The number of nitrogens with zero attached hydrogens (tertiary/aromatic N) is 2. The Bertz CT molecular complexity index is 1390. The van der Waals surface area contributed by atoms with E-state index >= 15 is 0 Å². The van der Waals surface area contributed by atoms with Crippen LogP contribution in [0.4, 0.5) is 10.1 Å². The summed E-state index contributed by atoms with van der Waals surface area (Å²) in [5.41, 5.74) is 2.20. The van der Waals surface area contributed by atoms with Gasteiger partial charge in [-0.05, 0) is 37.3 Å². The number of anilines is 1. The van der Waals surface area contributed by atoms with Gasteiger partial charge < -0.3 is 15.0 Å². The molecule has 166 valence electrons. The maximum Gasteiger partial charge on any atom is 0.339 e. The number of H-pyrrole nitrogens is 1. The first kappa shape index (κ1) is 21.7. The standard InChI is InChI=1S/C24H19FN4O4/c1-14-3-5-15(6-4-14)21-19(13-29(28-21)18-9-7-17(25)8-10-18)22(30)27-20-11-16(24(32)33-2)12-26-23(20)31/h3-13H,1-2H3,(H,26,31)(H,27,30). The summed E-state index contributed by atoms with van der Waals surface area (Å²) >= 11 is 0. The van der Waals surface area contributed by atoms with Crippen LogP contribution in [0.2, 0.25) is 0 Å². The molecule has 2 aromatic heterocycles. The van der Waals surface area contributed by atoms with Crippen LogP contribution in [0, 0.1) is 12.7 Å². The number of benzene rings is 2. The Hall–Kier alpha value is -4.53. The summed E-state index contributed by atoms with van der Waals surface area (Å²) in [6, 6.07) is 14.3. The molecular weight excluding hydrogens is 427 g/mol. The van der Waals surface area contributed by atoms with Crippen LogP contribution in [-0.4, -0.2) is 33.8 Å². The Morgan fingerprint density at radius 2 is 1.79 bits per heavy atom. The van der Waals surface area contributed by atoms with Gasteiger partial charge >= 0.3 is 5.97 Å². The number of aromatic amines is 1. The first-order chi connectivity index (χ1) is 15.9. The lowest BCUT2D eigenvalue weighted by atomic mass is 10.1. The van der Waals surface area contributed by atoms with Crippen molar-refractivity contribution in [3.8, 4) is 16.9 Å². The number of nitrogens with one attached hydrogen (secondary N) is 2. The zero-order chi connectivity index (χ0) is 23.5. The second-order valence-corrected chi connectivity index (χ2v) is 7.26. The van der Waals surface area contributed by atoms with Crippen LogP contribution < -0.4 is 10.9 Å². The van der Waals surface area contributed by atoms with E-state index in [1.165, 1.54) is 54.5 Å². The normalized spacial score (nSPS) is 10.6. The van der Waals surface area contributed by atoms with Gasteiger partial charge in [0.05, 0.1) is 23.9 Å². The summed E-state index contributed by atoms with van der Waals surface area (Å²) < 4.78 is 19.5. The number of aryl methyl sites for hydroxylation is 1. The highest BCUT2D eigenvalue weighted by Crippen LogP contribution is 2.25. The average Bonchev–Trinajstić information content (AvgIpc) is 3.26. The van der Waals surface area contributed by atoms with Gasteiger partial charge in [0.25, 0.3) is 11.5 Å². The number of hydrogen-bond acceptors (Lipinski definition) is 5. The molecule has 0 aliphatic heterocycles. The summed E-state index contributed by atoms with van der Waals surface area (Å²) in [6.07, 6.45) is 2.70. The van der Waals surface area contributed by atoms with Crippen LogP contribution in [0.1, 0.15) is 26.3 Å². The first-order valence-electron chi connectivity index (χ1n) is 9.91. The van der Waals surface area contributed by atoms with E-state index in [4.69, 9.17) is 0 Å². The van der Waals surface area contributed by atoms with E-state index in [-0.39, 0.29) is 16.8 Å². The van der Waals surface area contributed by atoms with Gasteiger partial charge in [-0.25, -0.2) is 13.9 Å². The Balaban J connectivity index is 1.76. The van der Waals surface area contributed by atoms with Crippen LogP contribution in [-0.2, 0) is 4.74 Å². The first-order valence-corrected chi connectivity index (χ1v) is 9.91. The van der Waals surface area contributed by atoms with Crippen LogP contribution in [0.15, 0.2) is 71.8 Å². The molecular formula is C24H19FN4O4. The Kier molecular flexibility index (Phi) is 5.86. The van der Waals surface area contributed by atoms with Gasteiger partial charge in [0.15, 0.2) is 0 Å². The topological polar surface area (TPSA) is 106 Å². The minimum absolute atomic E-state index is 0.0770. The molecule has 0 bridgehead atoms. The van der Waals surface area contributed by atoms with Crippen LogP contribution in [0.5, 0.6) is 0 Å². The fraction of sp³-hybridized carbons (Fsp3) is 0.0833. The second-order valence-electron chi connectivity index (χ2n) is 7.26. The second kappa shape index (κ2) is 8.91. The number of esters is 1. The SMILES string of the molecule is COC(=O)c1c[nH]c(=O)c(NC(=O)c2cn(-c3ccc(F)cc3)nc2-c2ccc(C)cc2)c1. The fourth-order valence-corrected chi connectivity index (χ4v) is 3.19. The van der Waals surface area contributed by atoms with Gasteiger partial charge in [-0.1, -0.05) is 29.8 Å². The highest BCUT2D eigenvalue weighted by Gasteiger charge is 2.20. The van der Waals surface area contributed by atoms with E-state index < -0.39 is 23.3 Å². The number of amides is 1. The highest BCUT2D eigenvalue weighted by atomic mass is 19.1. The lowest BCUT2D eigenvalue weighted by Gasteiger charge is -2.06. The maximum absolute atomic E-state index is 13.4. The summed E-state index contributed by atoms with van der Waals surface area (Å²) in [5, 5.41) is 7.07. The number of carbonyl (C=O) groups is 2. The Morgan fingerprint density at radius 3 is 2.45 bits per heavy atom. The van der Waals surface area contributed by atoms with Gasteiger partial charge in [-0.3, -0.25) is 9.59 Å². The molecule has 0 aliphatic rings. The Morgan fingerprint density at radius 1 is 1.09 bits per heavy atom. The molecule has 4 rings (SSSR count). The summed E-state index contributed by atoms with van der Waals surface area (Å²) in [5.74, 6) is -1.66. The van der Waals surface area contributed by atoms with Crippen molar-refractivity contribution in [2.45, 2.75) is 6.92 Å². The average molecular weight is 446 g/mol. The number of ether oxygens (including phenoxy) is 1. The molecule has 1 amide bonds. The molecule has 0 saturated carbocycles. The quantitative estimate of drug-likeness (QED) is 0.455. The monoisotopic (exact) mass is 446 g/mol. The number of rotatable bonds is 5. The molecule has 33 heavy (non-hydrogen) atoms. The molecule has 0 radical (unpaired) electrons. The van der Waals surface area contributed by atoms with Gasteiger partial charge in [0, 0.05) is 18.0 Å². The van der Waals surface area contributed by atoms with Crippen molar-refractivity contribution in [2.75, 3.05) is 12.4 Å². The molecule has 9 heteroatoms. The van der Waals surface area contributed by atoms with Crippen LogP contribution in [0.3, 0.4) is 0 Å². The minimum atomic E-state index is -0.661. The molecule has 8 nitrogen and oxygen atoms in total. The fourth-order valence-electron chi connectivity index (χ4n) is 3.19. The third-order valence-electron chi connectivity index (χ3n) is 4.95. The highest BCUT2D eigenvalue weighted by molar-refractivity contribution is 6.08. The number of hydrogen-bond donors (Lipinski definition) is 2. The van der Waals surface area contributed by atoms with E-state index in [9.17, 15) is 18.8 Å². The number of methoxy groups -OCH3 is 1. The predicted octanol–water partition coefficient (Wildman–Crippen LogP) is 3.71. The number of carbonyl (C=O) groups excluding carboxylic acids is 2. The van der Waals surface area contributed by atoms with E-state index in [0.717, 1.165) is 5.56 Å². The van der Waals surface area contributed by atoms with E-state index in [1.807, 2.05) is 31.2 Å². The summed E-state index contributed by atoms with van der Waals surface area (Å²) in [4.78, 5) is 39.6. The molecule has 0 atom stereocenters. The predicted molar refractivity (Wildman–Crippen MR) is 120 cm³/mol. The van der Waals surface area contributed by atoms with Crippen molar-refractivity contribution >= 4 is 17.6 Å². The molecule has 0 fully saturated rings. The third kappa shape index (κ3) is 4.57. The van der Waals surface area contributed by atoms with Crippen molar-refractivity contribution < 1.29 is 18.7 Å². The molecule has 0 aliphatic carbocycles. The van der Waals surface area contributed by atoms with Crippen molar-refractivity contribution in [3.63, 3.8) is 0 Å². The summed E-state index contributed by atoms with van der Waals surface area (Å²) in [7, 11) is 1.21. The van der Waals surface area contributed by atoms with E-state index in [1.54, 1.807) is 0 Å². The smallest absolute Gasteiger partial charge is 0.339 e. The number of aromatic nitrogens is 3. The summed E-state index contributed by atoms with van der Waals surface area (Å²) in [6.45, 7) is 1.94. The minimum Gasteiger partial charge on any atom is -0.465 e. The molecule has 2 aromatic carbocycles. The molecule has 0 unspecified atom stereocenters. The van der Waals surface area contributed by atoms with Crippen molar-refractivity contribution in [1.29, 1.82) is 0 Å². The van der Waals surface area contributed by atoms with E-state index in [2.05, 4.69) is 20.1 Å². The zero-order valence-corrected chi connectivity index (χ0v) is 17.8. The van der Waals surface area contributed by atoms with E-state index in [0.29, 0.717) is 16.9 Å². The molecule has 0 saturated heterocycles. The lowest BCUT2D eigenvalue weighted by molar-refractivity contribution is 0.0600. The van der Waals surface area contributed by atoms with Crippen molar-refractivity contribution in [3.05, 3.63) is 99.9 Å². The van der Waals surface area contributed by atoms with Gasteiger partial charge in [-0.2, -0.15) is 5.10 Å². The molecule has 2 heterocycles. The van der Waals surface area contributed by atoms with Crippen LogP contribution >= 0.6 is 0 Å². The van der Waals surface area contributed by atoms with Crippen molar-refractivity contribution in [2.24, 2.45) is 0 Å². The van der Waals surface area contributed by atoms with Gasteiger partial charge in [0.2, 0.25) is 0 Å². The molecule has 2 N–H and O–H groups in total. The number of pyridine rings is 1. The largest absolute Gasteiger partial charge is 0.465 e. The van der Waals surface area contributed by atoms with Crippen molar-refractivity contribution in [1.82, 2.24) is 14.8 Å². The van der Waals surface area contributed by atoms with Gasteiger partial charge in [0.1, 0.15) is 17.2 Å². The Labute approximate surface area is 187 Å². The number of halogens is 1. The third-order valence-corrected chi connectivity index (χ3v) is 4.95. The van der Waals surface area contributed by atoms with Gasteiger partial charge in [-0.15, -0.1) is 0 Å². The lowest BCUT2D eigenvalue weighted by Crippen LogP contribution is -2.21. The van der Waals surface area contributed by atoms with Crippen LogP contribution in [0.25, 0.3) is 16.9 Å². The molecule has 0 spiro atoms. The zero-order valence-electron chi connectivity index (χ0n) is 17.8. The maximum atomic E-state index is 13.4. The molecule has 4 aromatic rings.